The largest absolute Gasteiger partial charge is 0.457 e. The van der Waals surface area contributed by atoms with Crippen LogP contribution in [0, 0.1) is 0 Å². The van der Waals surface area contributed by atoms with Crippen LogP contribution in [0.4, 0.5) is 0 Å². The molecule has 3 nitrogen and oxygen atoms in total. The minimum absolute atomic E-state index is 0.0106. The van der Waals surface area contributed by atoms with Crippen LogP contribution in [0.2, 0.25) is 0 Å². The van der Waals surface area contributed by atoms with E-state index in [0.717, 1.165) is 61.1 Å². The second kappa shape index (κ2) is 6.49. The fourth-order valence-electron chi connectivity index (χ4n) is 6.37. The lowest BCUT2D eigenvalue weighted by molar-refractivity contribution is 0.433. The number of rotatable bonds is 0. The lowest BCUT2D eigenvalue weighted by atomic mass is 9.61. The third kappa shape index (κ3) is 2.14. The summed E-state index contributed by atoms with van der Waals surface area (Å²) < 4.78 is 8.35. The summed E-state index contributed by atoms with van der Waals surface area (Å²) in [6, 6.07) is 39.3. The molecule has 2 aliphatic rings. The van der Waals surface area contributed by atoms with Gasteiger partial charge in [0.05, 0.1) is 16.6 Å². The molecule has 0 aliphatic carbocycles. The van der Waals surface area contributed by atoms with Crippen LogP contribution < -0.4 is 10.3 Å². The first-order valence-corrected chi connectivity index (χ1v) is 11.8. The van der Waals surface area contributed by atoms with Crippen molar-refractivity contribution >= 4 is 21.7 Å². The predicted octanol–water partition coefficient (Wildman–Crippen LogP) is 6.95. The van der Waals surface area contributed by atoms with Gasteiger partial charge < -0.3 is 4.74 Å². The topological polar surface area (TPSA) is 31.2 Å². The Morgan fingerprint density at radius 3 is 1.80 bits per heavy atom. The number of ether oxygens (including phenoxy) is 1. The van der Waals surface area contributed by atoms with Crippen LogP contribution in [0.3, 0.4) is 0 Å². The monoisotopic (exact) mass is 449 g/mol. The second-order valence-corrected chi connectivity index (χ2v) is 9.25. The number of hydrogen-bond donors (Lipinski definition) is 0. The van der Waals surface area contributed by atoms with E-state index in [9.17, 15) is 4.79 Å². The van der Waals surface area contributed by atoms with Crippen molar-refractivity contribution in [2.45, 2.75) is 5.41 Å². The molecule has 2 aliphatic heterocycles. The Morgan fingerprint density at radius 2 is 1.06 bits per heavy atom. The number of pyridine rings is 1. The average molecular weight is 450 g/mol. The first-order valence-electron chi connectivity index (χ1n) is 11.8. The zero-order valence-electron chi connectivity index (χ0n) is 18.7. The Labute approximate surface area is 201 Å². The van der Waals surface area contributed by atoms with Crippen molar-refractivity contribution in [1.82, 2.24) is 4.57 Å². The Morgan fingerprint density at radius 1 is 0.514 bits per heavy atom. The van der Waals surface area contributed by atoms with Crippen LogP contribution in [-0.4, -0.2) is 4.57 Å². The molecule has 1 spiro atoms. The minimum Gasteiger partial charge on any atom is -0.457 e. The molecule has 164 valence electrons. The van der Waals surface area contributed by atoms with Crippen molar-refractivity contribution < 1.29 is 4.74 Å². The molecule has 6 aromatic rings. The molecule has 3 heterocycles. The Kier molecular flexibility index (Phi) is 3.48. The SMILES string of the molecule is O=c1c2ccccc2c2cccc3c2n1-c1ccccc1C31c2ccccc2Oc2ccccc21. The summed E-state index contributed by atoms with van der Waals surface area (Å²) in [7, 11) is 0. The van der Waals surface area contributed by atoms with Gasteiger partial charge in [0.2, 0.25) is 0 Å². The van der Waals surface area contributed by atoms with Gasteiger partial charge in [-0.3, -0.25) is 9.36 Å². The van der Waals surface area contributed by atoms with E-state index in [-0.39, 0.29) is 5.56 Å². The van der Waals surface area contributed by atoms with Crippen LogP contribution >= 0.6 is 0 Å². The molecule has 0 N–H and O–H groups in total. The maximum Gasteiger partial charge on any atom is 0.263 e. The number of para-hydroxylation sites is 4. The van der Waals surface area contributed by atoms with Gasteiger partial charge >= 0.3 is 0 Å². The molecular weight excluding hydrogens is 430 g/mol. The van der Waals surface area contributed by atoms with Crippen molar-refractivity contribution in [3.05, 3.63) is 148 Å². The fraction of sp³-hybridized carbons (Fsp3) is 0.0312. The molecule has 1 aromatic heterocycles. The van der Waals surface area contributed by atoms with E-state index in [0.29, 0.717) is 0 Å². The molecule has 0 saturated heterocycles. The third-order valence-electron chi connectivity index (χ3n) is 7.67. The van der Waals surface area contributed by atoms with Gasteiger partial charge in [-0.25, -0.2) is 0 Å². The second-order valence-electron chi connectivity index (χ2n) is 9.25. The number of hydrogen-bond acceptors (Lipinski definition) is 2. The van der Waals surface area contributed by atoms with Gasteiger partial charge in [-0.15, -0.1) is 0 Å². The lowest BCUT2D eigenvalue weighted by Crippen LogP contribution is -2.40. The summed E-state index contributed by atoms with van der Waals surface area (Å²) in [6.07, 6.45) is 0. The van der Waals surface area contributed by atoms with Crippen molar-refractivity contribution in [1.29, 1.82) is 0 Å². The van der Waals surface area contributed by atoms with E-state index in [4.69, 9.17) is 4.74 Å². The number of benzene rings is 5. The molecule has 0 atom stereocenters. The molecule has 3 heteroatoms. The zero-order valence-corrected chi connectivity index (χ0v) is 18.7. The maximum atomic E-state index is 14.0. The number of nitrogens with zero attached hydrogens (tertiary/aromatic N) is 1. The quantitative estimate of drug-likeness (QED) is 0.235. The molecule has 0 bridgehead atoms. The summed E-state index contributed by atoms with van der Waals surface area (Å²) in [5, 5.41) is 2.79. The van der Waals surface area contributed by atoms with Crippen molar-refractivity contribution in [2.24, 2.45) is 0 Å². The van der Waals surface area contributed by atoms with E-state index < -0.39 is 5.41 Å². The Hall–Kier alpha value is -4.63. The first-order chi connectivity index (χ1) is 17.3. The first kappa shape index (κ1) is 18.8. The van der Waals surface area contributed by atoms with Crippen LogP contribution in [0.5, 0.6) is 11.5 Å². The summed E-state index contributed by atoms with van der Waals surface area (Å²) in [5.41, 5.74) is 5.63. The van der Waals surface area contributed by atoms with E-state index in [1.807, 2.05) is 53.1 Å². The summed E-state index contributed by atoms with van der Waals surface area (Å²) >= 11 is 0. The van der Waals surface area contributed by atoms with Crippen LogP contribution in [0.1, 0.15) is 22.3 Å². The van der Waals surface area contributed by atoms with Gasteiger partial charge in [0.1, 0.15) is 11.5 Å². The number of fused-ring (bicyclic) bond motifs is 10. The maximum absolute atomic E-state index is 14.0. The zero-order chi connectivity index (χ0) is 23.1. The van der Waals surface area contributed by atoms with Crippen LogP contribution in [0.25, 0.3) is 27.4 Å². The Bertz CT molecular complexity index is 1870. The summed E-state index contributed by atoms with van der Waals surface area (Å²) in [4.78, 5) is 14.0. The fourth-order valence-corrected chi connectivity index (χ4v) is 6.37. The number of aromatic nitrogens is 1. The van der Waals surface area contributed by atoms with Gasteiger partial charge in [-0.2, -0.15) is 0 Å². The van der Waals surface area contributed by atoms with Gasteiger partial charge in [0, 0.05) is 21.9 Å². The highest BCUT2D eigenvalue weighted by molar-refractivity contribution is 6.08. The molecule has 0 radical (unpaired) electrons. The van der Waals surface area contributed by atoms with Gasteiger partial charge in [-0.1, -0.05) is 91.0 Å². The normalized spacial score (nSPS) is 14.3. The lowest BCUT2D eigenvalue weighted by Gasteiger charge is -2.45. The van der Waals surface area contributed by atoms with Gasteiger partial charge in [0.25, 0.3) is 5.56 Å². The van der Waals surface area contributed by atoms with Gasteiger partial charge in [0.15, 0.2) is 0 Å². The highest BCUT2D eigenvalue weighted by Gasteiger charge is 2.49. The molecule has 8 rings (SSSR count). The van der Waals surface area contributed by atoms with Gasteiger partial charge in [-0.05, 0) is 40.8 Å². The average Bonchev–Trinajstić information content (AvgIpc) is 2.92. The summed E-state index contributed by atoms with van der Waals surface area (Å²) in [6.45, 7) is 0. The smallest absolute Gasteiger partial charge is 0.263 e. The molecular formula is C32H19NO2. The van der Waals surface area contributed by atoms with Crippen LogP contribution in [-0.2, 0) is 5.41 Å². The molecule has 0 unspecified atom stereocenters. The third-order valence-corrected chi connectivity index (χ3v) is 7.67. The molecule has 35 heavy (non-hydrogen) atoms. The predicted molar refractivity (Wildman–Crippen MR) is 139 cm³/mol. The van der Waals surface area contributed by atoms with Crippen molar-refractivity contribution in [3.63, 3.8) is 0 Å². The minimum atomic E-state index is -0.615. The highest BCUT2D eigenvalue weighted by atomic mass is 16.5. The summed E-state index contributed by atoms with van der Waals surface area (Å²) in [5.74, 6) is 1.68. The van der Waals surface area contributed by atoms with E-state index in [1.165, 1.54) is 0 Å². The Balaban J connectivity index is 1.71. The van der Waals surface area contributed by atoms with E-state index in [2.05, 4.69) is 66.7 Å². The molecule has 5 aromatic carbocycles. The molecule has 0 saturated carbocycles. The molecule has 0 amide bonds. The molecule has 0 fully saturated rings. The highest BCUT2D eigenvalue weighted by Crippen LogP contribution is 2.59. The van der Waals surface area contributed by atoms with E-state index in [1.54, 1.807) is 0 Å². The van der Waals surface area contributed by atoms with Crippen LogP contribution in [0.15, 0.2) is 120 Å². The van der Waals surface area contributed by atoms with Crippen molar-refractivity contribution in [3.8, 4) is 17.2 Å². The van der Waals surface area contributed by atoms with E-state index >= 15 is 0 Å². The standard InChI is InChI=1S/C32H19NO2/c34-31-22-11-2-1-10-20(22)21-12-9-16-26-30(21)33(31)27-17-6-3-13-23(27)32(26)24-14-4-7-18-28(24)35-29-19-8-5-15-25(29)32/h1-19H. The van der Waals surface area contributed by atoms with Crippen molar-refractivity contribution in [2.75, 3.05) is 0 Å².